The Morgan fingerprint density at radius 2 is 1.68 bits per heavy atom. The minimum atomic E-state index is -0.524. The van der Waals surface area contributed by atoms with Crippen molar-refractivity contribution in [3.63, 3.8) is 0 Å². The molecular formula is C19H25NO2. The van der Waals surface area contributed by atoms with Crippen LogP contribution in [0.3, 0.4) is 0 Å². The van der Waals surface area contributed by atoms with Gasteiger partial charge in [-0.05, 0) is 37.5 Å². The molecule has 118 valence electrons. The summed E-state index contributed by atoms with van der Waals surface area (Å²) in [6, 6.07) is 14.4. The summed E-state index contributed by atoms with van der Waals surface area (Å²) in [7, 11) is 0. The fourth-order valence-electron chi connectivity index (χ4n) is 2.61. The van der Waals surface area contributed by atoms with Gasteiger partial charge in [-0.25, -0.2) is 0 Å². The molecule has 0 aliphatic heterocycles. The smallest absolute Gasteiger partial charge is 0.125 e. The highest BCUT2D eigenvalue weighted by molar-refractivity contribution is 5.42. The zero-order valence-corrected chi connectivity index (χ0v) is 13.6. The number of hydrogen-bond donors (Lipinski definition) is 2. The SMILES string of the molecule is Cc1cc(C)c(OCC(O)CNCc2ccccc2)c(C)c1. The zero-order chi connectivity index (χ0) is 15.9. The van der Waals surface area contributed by atoms with Gasteiger partial charge in [-0.3, -0.25) is 0 Å². The predicted octanol–water partition coefficient (Wildman–Crippen LogP) is 3.14. The van der Waals surface area contributed by atoms with Crippen LogP contribution >= 0.6 is 0 Å². The lowest BCUT2D eigenvalue weighted by Crippen LogP contribution is -2.31. The van der Waals surface area contributed by atoms with E-state index in [2.05, 4.69) is 36.5 Å². The molecule has 0 bridgehead atoms. The molecule has 1 unspecified atom stereocenters. The number of nitrogens with one attached hydrogen (secondary N) is 1. The van der Waals surface area contributed by atoms with E-state index in [0.717, 1.165) is 23.4 Å². The summed E-state index contributed by atoms with van der Waals surface area (Å²) in [5.74, 6) is 0.882. The van der Waals surface area contributed by atoms with E-state index in [9.17, 15) is 5.11 Å². The number of benzene rings is 2. The van der Waals surface area contributed by atoms with E-state index < -0.39 is 6.10 Å². The fraction of sp³-hybridized carbons (Fsp3) is 0.368. The average molecular weight is 299 g/mol. The van der Waals surface area contributed by atoms with Gasteiger partial charge in [0.15, 0.2) is 0 Å². The van der Waals surface area contributed by atoms with Gasteiger partial charge in [0.2, 0.25) is 0 Å². The molecule has 0 aromatic heterocycles. The first kappa shape index (κ1) is 16.5. The second kappa shape index (κ2) is 7.97. The van der Waals surface area contributed by atoms with Crippen LogP contribution in [0.15, 0.2) is 42.5 Å². The lowest BCUT2D eigenvalue weighted by molar-refractivity contribution is 0.105. The second-order valence-corrected chi connectivity index (χ2v) is 5.81. The number of ether oxygens (including phenoxy) is 1. The molecule has 0 spiro atoms. The monoisotopic (exact) mass is 299 g/mol. The van der Waals surface area contributed by atoms with Crippen LogP contribution in [0, 0.1) is 20.8 Å². The summed E-state index contributed by atoms with van der Waals surface area (Å²) in [6.07, 6.45) is -0.524. The first-order valence-electron chi connectivity index (χ1n) is 7.69. The van der Waals surface area contributed by atoms with E-state index in [-0.39, 0.29) is 0 Å². The summed E-state index contributed by atoms with van der Waals surface area (Å²) in [4.78, 5) is 0. The van der Waals surface area contributed by atoms with Crippen molar-refractivity contribution in [3.05, 3.63) is 64.7 Å². The predicted molar refractivity (Wildman–Crippen MR) is 90.3 cm³/mol. The van der Waals surface area contributed by atoms with Crippen molar-refractivity contribution in [2.24, 2.45) is 0 Å². The van der Waals surface area contributed by atoms with Gasteiger partial charge >= 0.3 is 0 Å². The van der Waals surface area contributed by atoms with Gasteiger partial charge in [0.05, 0.1) is 0 Å². The van der Waals surface area contributed by atoms with Crippen LogP contribution in [0.1, 0.15) is 22.3 Å². The minimum absolute atomic E-state index is 0.298. The standard InChI is InChI=1S/C19H25NO2/c1-14-9-15(2)19(16(3)10-14)22-13-18(21)12-20-11-17-7-5-4-6-8-17/h4-10,18,20-21H,11-13H2,1-3H3. The molecule has 2 N–H and O–H groups in total. The van der Waals surface area contributed by atoms with Crippen molar-refractivity contribution in [1.29, 1.82) is 0 Å². The maximum absolute atomic E-state index is 10.0. The maximum Gasteiger partial charge on any atom is 0.125 e. The van der Waals surface area contributed by atoms with Gasteiger partial charge in [0.1, 0.15) is 18.5 Å². The third kappa shape index (κ3) is 4.86. The lowest BCUT2D eigenvalue weighted by Gasteiger charge is -2.17. The molecule has 0 aliphatic carbocycles. The fourth-order valence-corrected chi connectivity index (χ4v) is 2.61. The van der Waals surface area contributed by atoms with E-state index in [4.69, 9.17) is 4.74 Å². The molecule has 1 atom stereocenters. The Bertz CT molecular complexity index is 573. The van der Waals surface area contributed by atoms with Gasteiger partial charge in [0.25, 0.3) is 0 Å². The molecule has 0 amide bonds. The highest BCUT2D eigenvalue weighted by Gasteiger charge is 2.09. The Morgan fingerprint density at radius 1 is 1.05 bits per heavy atom. The molecule has 0 aliphatic rings. The molecular weight excluding hydrogens is 274 g/mol. The molecule has 22 heavy (non-hydrogen) atoms. The Hall–Kier alpha value is -1.84. The molecule has 0 heterocycles. The molecule has 3 heteroatoms. The molecule has 3 nitrogen and oxygen atoms in total. The third-order valence-corrected chi connectivity index (χ3v) is 3.58. The number of rotatable bonds is 7. The Labute approximate surface area is 133 Å². The van der Waals surface area contributed by atoms with Gasteiger partial charge in [-0.1, -0.05) is 48.0 Å². The minimum Gasteiger partial charge on any atom is -0.490 e. The van der Waals surface area contributed by atoms with Gasteiger partial charge in [0, 0.05) is 13.1 Å². The highest BCUT2D eigenvalue weighted by Crippen LogP contribution is 2.24. The highest BCUT2D eigenvalue weighted by atomic mass is 16.5. The summed E-state index contributed by atoms with van der Waals surface area (Å²) in [5.41, 5.74) is 4.66. The van der Waals surface area contributed by atoms with E-state index in [1.54, 1.807) is 0 Å². The van der Waals surface area contributed by atoms with Crippen molar-refractivity contribution in [2.75, 3.05) is 13.2 Å². The largest absolute Gasteiger partial charge is 0.490 e. The van der Waals surface area contributed by atoms with Crippen LogP contribution in [0.2, 0.25) is 0 Å². The lowest BCUT2D eigenvalue weighted by atomic mass is 10.1. The Kier molecular flexibility index (Phi) is 5.99. The molecule has 2 aromatic rings. The van der Waals surface area contributed by atoms with E-state index >= 15 is 0 Å². The number of aliphatic hydroxyl groups excluding tert-OH is 1. The molecule has 0 fully saturated rings. The van der Waals surface area contributed by atoms with Crippen LogP contribution in [-0.2, 0) is 6.54 Å². The van der Waals surface area contributed by atoms with Crippen LogP contribution in [0.5, 0.6) is 5.75 Å². The van der Waals surface area contributed by atoms with Crippen molar-refractivity contribution in [2.45, 2.75) is 33.4 Å². The van der Waals surface area contributed by atoms with Crippen molar-refractivity contribution >= 4 is 0 Å². The summed E-state index contributed by atoms with van der Waals surface area (Å²) in [6.45, 7) is 7.71. The third-order valence-electron chi connectivity index (χ3n) is 3.58. The first-order chi connectivity index (χ1) is 10.6. The van der Waals surface area contributed by atoms with Gasteiger partial charge < -0.3 is 15.2 Å². The molecule has 0 saturated heterocycles. The summed E-state index contributed by atoms with van der Waals surface area (Å²) >= 11 is 0. The Balaban J connectivity index is 1.77. The average Bonchev–Trinajstić information content (AvgIpc) is 2.47. The van der Waals surface area contributed by atoms with E-state index in [1.807, 2.05) is 32.0 Å². The number of hydrogen-bond acceptors (Lipinski definition) is 3. The normalized spacial score (nSPS) is 12.2. The molecule has 0 saturated carbocycles. The van der Waals surface area contributed by atoms with E-state index in [0.29, 0.717) is 13.2 Å². The quantitative estimate of drug-likeness (QED) is 0.825. The van der Waals surface area contributed by atoms with Crippen LogP contribution in [-0.4, -0.2) is 24.4 Å². The van der Waals surface area contributed by atoms with Crippen molar-refractivity contribution < 1.29 is 9.84 Å². The van der Waals surface area contributed by atoms with Crippen molar-refractivity contribution in [1.82, 2.24) is 5.32 Å². The number of aliphatic hydroxyl groups is 1. The maximum atomic E-state index is 10.0. The van der Waals surface area contributed by atoms with Gasteiger partial charge in [-0.15, -0.1) is 0 Å². The topological polar surface area (TPSA) is 41.5 Å². The Morgan fingerprint density at radius 3 is 2.32 bits per heavy atom. The van der Waals surface area contributed by atoms with Crippen LogP contribution in [0.4, 0.5) is 0 Å². The number of aryl methyl sites for hydroxylation is 3. The first-order valence-corrected chi connectivity index (χ1v) is 7.69. The zero-order valence-electron chi connectivity index (χ0n) is 13.6. The van der Waals surface area contributed by atoms with E-state index in [1.165, 1.54) is 11.1 Å². The van der Waals surface area contributed by atoms with Crippen LogP contribution < -0.4 is 10.1 Å². The molecule has 2 aromatic carbocycles. The molecule has 2 rings (SSSR count). The molecule has 0 radical (unpaired) electrons. The van der Waals surface area contributed by atoms with Gasteiger partial charge in [-0.2, -0.15) is 0 Å². The summed E-state index contributed by atoms with van der Waals surface area (Å²) in [5, 5.41) is 13.3. The summed E-state index contributed by atoms with van der Waals surface area (Å²) < 4.78 is 5.80. The van der Waals surface area contributed by atoms with Crippen LogP contribution in [0.25, 0.3) is 0 Å². The van der Waals surface area contributed by atoms with Crippen molar-refractivity contribution in [3.8, 4) is 5.75 Å². The second-order valence-electron chi connectivity index (χ2n) is 5.81.